The van der Waals surface area contributed by atoms with Crippen LogP contribution in [0.1, 0.15) is 35.7 Å². The van der Waals surface area contributed by atoms with E-state index in [4.69, 9.17) is 16.0 Å². The molecule has 1 aliphatic rings. The van der Waals surface area contributed by atoms with Gasteiger partial charge >= 0.3 is 0 Å². The van der Waals surface area contributed by atoms with Crippen molar-refractivity contribution < 1.29 is 9.21 Å². The van der Waals surface area contributed by atoms with Crippen LogP contribution >= 0.6 is 11.6 Å². The van der Waals surface area contributed by atoms with Crippen LogP contribution in [-0.2, 0) is 0 Å². The molecule has 1 N–H and O–H groups in total. The minimum absolute atomic E-state index is 0.0104. The molecule has 0 bridgehead atoms. The Kier molecular flexibility index (Phi) is 5.76. The molecule has 1 amide bonds. The number of piperidine rings is 1. The number of hydrogen-bond donors (Lipinski definition) is 1. The van der Waals surface area contributed by atoms with Crippen molar-refractivity contribution in [2.75, 3.05) is 18.4 Å². The van der Waals surface area contributed by atoms with E-state index in [0.717, 1.165) is 18.4 Å². The Balaban J connectivity index is 1.40. The number of hydrogen-bond acceptors (Lipinski definition) is 6. The number of rotatable bonds is 5. The standard InChI is InChI=1S/C24H25ClN6O2/c1-15-5-7-20(31-27-9-10-28-31)18(12-15)23(32)30-11-3-4-16(2)21(30)14-26-24-29-19-13-17(25)6-8-22(19)33-24/h5-10,12-13,16,21H,3-4,11,14H2,1-2H3,(H,26,29). The molecule has 33 heavy (non-hydrogen) atoms. The summed E-state index contributed by atoms with van der Waals surface area (Å²) in [6.45, 7) is 5.39. The number of amides is 1. The molecule has 2 aromatic carbocycles. The predicted octanol–water partition coefficient (Wildman–Crippen LogP) is 4.72. The molecule has 2 aromatic heterocycles. The van der Waals surface area contributed by atoms with Gasteiger partial charge in [-0.1, -0.05) is 30.2 Å². The van der Waals surface area contributed by atoms with Gasteiger partial charge < -0.3 is 14.6 Å². The number of aryl methyl sites for hydroxylation is 1. The highest BCUT2D eigenvalue weighted by atomic mass is 35.5. The smallest absolute Gasteiger partial charge is 0.295 e. The van der Waals surface area contributed by atoms with E-state index in [1.807, 2.05) is 30.0 Å². The first-order valence-electron chi connectivity index (χ1n) is 11.1. The number of likely N-dealkylation sites (tertiary alicyclic amines) is 1. The Hall–Kier alpha value is -3.39. The van der Waals surface area contributed by atoms with Gasteiger partial charge in [-0.3, -0.25) is 4.79 Å². The van der Waals surface area contributed by atoms with Crippen molar-refractivity contribution in [3.05, 3.63) is 64.9 Å². The number of carbonyl (C=O) groups is 1. The molecule has 1 saturated heterocycles. The molecular weight excluding hydrogens is 440 g/mol. The van der Waals surface area contributed by atoms with Crippen LogP contribution in [0.15, 0.2) is 53.2 Å². The maximum absolute atomic E-state index is 13.8. The number of oxazole rings is 1. The van der Waals surface area contributed by atoms with E-state index < -0.39 is 0 Å². The van der Waals surface area contributed by atoms with Crippen molar-refractivity contribution >= 4 is 34.6 Å². The third kappa shape index (κ3) is 4.30. The number of anilines is 1. The summed E-state index contributed by atoms with van der Waals surface area (Å²) in [6, 6.07) is 11.5. The van der Waals surface area contributed by atoms with Gasteiger partial charge in [-0.25, -0.2) is 0 Å². The molecule has 5 rings (SSSR count). The summed E-state index contributed by atoms with van der Waals surface area (Å²) in [5.74, 6) is 0.304. The van der Waals surface area contributed by atoms with Crippen molar-refractivity contribution in [2.45, 2.75) is 32.7 Å². The highest BCUT2D eigenvalue weighted by Gasteiger charge is 2.33. The maximum Gasteiger partial charge on any atom is 0.295 e. The third-order valence-electron chi connectivity index (χ3n) is 6.21. The second-order valence-electron chi connectivity index (χ2n) is 8.54. The van der Waals surface area contributed by atoms with Crippen LogP contribution in [0.25, 0.3) is 16.8 Å². The number of fused-ring (bicyclic) bond motifs is 1. The number of nitrogens with one attached hydrogen (secondary N) is 1. The largest absolute Gasteiger partial charge is 0.424 e. The van der Waals surface area contributed by atoms with Gasteiger partial charge in [-0.05, 0) is 56.0 Å². The number of halogens is 1. The van der Waals surface area contributed by atoms with Crippen LogP contribution < -0.4 is 5.32 Å². The Morgan fingerprint density at radius 2 is 2.03 bits per heavy atom. The zero-order valence-corrected chi connectivity index (χ0v) is 19.3. The molecule has 0 radical (unpaired) electrons. The Morgan fingerprint density at radius 3 is 2.85 bits per heavy atom. The molecule has 8 nitrogen and oxygen atoms in total. The van der Waals surface area contributed by atoms with E-state index in [1.54, 1.807) is 30.6 Å². The number of benzene rings is 2. The summed E-state index contributed by atoms with van der Waals surface area (Å²) in [5.41, 5.74) is 3.66. The molecule has 4 aromatic rings. The van der Waals surface area contributed by atoms with E-state index >= 15 is 0 Å². The second-order valence-corrected chi connectivity index (χ2v) is 8.97. The van der Waals surface area contributed by atoms with Gasteiger partial charge in [0.15, 0.2) is 5.58 Å². The summed E-state index contributed by atoms with van der Waals surface area (Å²) in [6.07, 6.45) is 5.24. The molecule has 170 valence electrons. The lowest BCUT2D eigenvalue weighted by molar-refractivity contribution is 0.0539. The quantitative estimate of drug-likeness (QED) is 0.459. The first kappa shape index (κ1) is 21.5. The number of nitrogens with zero attached hydrogens (tertiary/aromatic N) is 5. The molecule has 1 fully saturated rings. The number of aromatic nitrogens is 4. The Bertz CT molecular complexity index is 1290. The van der Waals surface area contributed by atoms with Gasteiger partial charge in [0, 0.05) is 18.1 Å². The first-order chi connectivity index (χ1) is 16.0. The van der Waals surface area contributed by atoms with Crippen molar-refractivity contribution in [3.63, 3.8) is 0 Å². The fourth-order valence-electron chi connectivity index (χ4n) is 4.47. The highest BCUT2D eigenvalue weighted by Crippen LogP contribution is 2.28. The number of carbonyl (C=O) groups excluding carboxylic acids is 1. The summed E-state index contributed by atoms with van der Waals surface area (Å²) >= 11 is 6.06. The Morgan fingerprint density at radius 1 is 1.21 bits per heavy atom. The first-order valence-corrected chi connectivity index (χ1v) is 11.5. The topological polar surface area (TPSA) is 89.1 Å². The average molecular weight is 465 g/mol. The van der Waals surface area contributed by atoms with Crippen molar-refractivity contribution in [3.8, 4) is 5.69 Å². The summed E-state index contributed by atoms with van der Waals surface area (Å²) in [5, 5.41) is 12.4. The molecule has 1 aliphatic heterocycles. The van der Waals surface area contributed by atoms with E-state index in [1.165, 1.54) is 4.80 Å². The average Bonchev–Trinajstić information content (AvgIpc) is 3.47. The zero-order valence-electron chi connectivity index (χ0n) is 18.5. The molecule has 2 unspecified atom stereocenters. The van der Waals surface area contributed by atoms with Gasteiger partial charge in [0.1, 0.15) is 5.52 Å². The van der Waals surface area contributed by atoms with Crippen LogP contribution in [0, 0.1) is 12.8 Å². The minimum atomic E-state index is -0.0197. The van der Waals surface area contributed by atoms with Crippen molar-refractivity contribution in [1.29, 1.82) is 0 Å². The van der Waals surface area contributed by atoms with Crippen molar-refractivity contribution in [1.82, 2.24) is 24.9 Å². The maximum atomic E-state index is 13.8. The Labute approximate surface area is 196 Å². The van der Waals surface area contributed by atoms with Crippen LogP contribution in [0.3, 0.4) is 0 Å². The second kappa shape index (κ2) is 8.86. The lowest BCUT2D eigenvalue weighted by atomic mass is 9.90. The van der Waals surface area contributed by atoms with E-state index in [2.05, 4.69) is 27.4 Å². The molecular formula is C24H25ClN6O2. The van der Waals surface area contributed by atoms with Crippen molar-refractivity contribution in [2.24, 2.45) is 5.92 Å². The molecule has 3 heterocycles. The lowest BCUT2D eigenvalue weighted by Crippen LogP contribution is -2.51. The van der Waals surface area contributed by atoms with E-state index in [-0.39, 0.29) is 11.9 Å². The summed E-state index contributed by atoms with van der Waals surface area (Å²) in [7, 11) is 0. The summed E-state index contributed by atoms with van der Waals surface area (Å²) < 4.78 is 5.81. The molecule has 2 atom stereocenters. The SMILES string of the molecule is Cc1ccc(-n2nccn2)c(C(=O)N2CCCC(C)C2CNc2nc3cc(Cl)ccc3o2)c1. The monoisotopic (exact) mass is 464 g/mol. The highest BCUT2D eigenvalue weighted by molar-refractivity contribution is 6.31. The van der Waals surface area contributed by atoms with E-state index in [9.17, 15) is 4.79 Å². The van der Waals surface area contributed by atoms with Crippen LogP contribution in [-0.4, -0.2) is 49.9 Å². The van der Waals surface area contributed by atoms with Gasteiger partial charge in [0.25, 0.3) is 11.9 Å². The van der Waals surface area contributed by atoms with Crippen LogP contribution in [0.2, 0.25) is 5.02 Å². The van der Waals surface area contributed by atoms with E-state index in [0.29, 0.717) is 52.4 Å². The van der Waals surface area contributed by atoms with Gasteiger partial charge in [-0.15, -0.1) is 0 Å². The van der Waals surface area contributed by atoms with Gasteiger partial charge in [-0.2, -0.15) is 20.0 Å². The predicted molar refractivity (Wildman–Crippen MR) is 127 cm³/mol. The van der Waals surface area contributed by atoms with Gasteiger partial charge in [0.05, 0.1) is 29.7 Å². The fourth-order valence-corrected chi connectivity index (χ4v) is 4.64. The molecule has 0 spiro atoms. The summed E-state index contributed by atoms with van der Waals surface area (Å²) in [4.78, 5) is 21.7. The fraction of sp³-hybridized carbons (Fsp3) is 0.333. The van der Waals surface area contributed by atoms with Crippen LogP contribution in [0.5, 0.6) is 0 Å². The molecule has 9 heteroatoms. The third-order valence-corrected chi connectivity index (χ3v) is 6.44. The van der Waals surface area contributed by atoms with Gasteiger partial charge in [0.2, 0.25) is 0 Å². The lowest BCUT2D eigenvalue weighted by Gasteiger charge is -2.40. The zero-order chi connectivity index (χ0) is 22.9. The minimum Gasteiger partial charge on any atom is -0.424 e. The molecule has 0 saturated carbocycles. The van der Waals surface area contributed by atoms with Crippen LogP contribution in [0.4, 0.5) is 6.01 Å². The molecule has 0 aliphatic carbocycles. The normalized spacial score (nSPS) is 18.6.